The van der Waals surface area contributed by atoms with Gasteiger partial charge in [0.15, 0.2) is 5.82 Å². The van der Waals surface area contributed by atoms with Crippen molar-refractivity contribution in [2.75, 3.05) is 26.2 Å². The molecule has 1 aromatic heterocycles. The van der Waals surface area contributed by atoms with E-state index in [2.05, 4.69) is 26.9 Å². The zero-order valence-electron chi connectivity index (χ0n) is 13.5. The number of ether oxygens (including phenoxy) is 1. The molecule has 1 aromatic rings. The maximum Gasteiger partial charge on any atom is 0.323 e. The van der Waals surface area contributed by atoms with Gasteiger partial charge < -0.3 is 9.26 Å². The molecule has 0 unspecified atom stereocenters. The van der Waals surface area contributed by atoms with Gasteiger partial charge in [-0.05, 0) is 13.8 Å². The molecule has 122 valence electrons. The first-order valence-corrected chi connectivity index (χ1v) is 8.09. The molecule has 3 rings (SSSR count). The Bertz CT molecular complexity index is 525. The summed E-state index contributed by atoms with van der Waals surface area (Å²) >= 11 is 0. The summed E-state index contributed by atoms with van der Waals surface area (Å²) in [7, 11) is 0. The minimum Gasteiger partial charge on any atom is -0.461 e. The second kappa shape index (κ2) is 6.34. The summed E-state index contributed by atoms with van der Waals surface area (Å²) in [5.74, 6) is 1.36. The van der Waals surface area contributed by atoms with E-state index in [4.69, 9.17) is 9.26 Å². The fourth-order valence-electron chi connectivity index (χ4n) is 3.21. The Labute approximate surface area is 130 Å². The van der Waals surface area contributed by atoms with Gasteiger partial charge in [-0.25, -0.2) is 0 Å². The summed E-state index contributed by atoms with van der Waals surface area (Å²) in [5.41, 5.74) is 0. The topological polar surface area (TPSA) is 71.7 Å². The predicted octanol–water partition coefficient (Wildman–Crippen LogP) is 1.01. The summed E-state index contributed by atoms with van der Waals surface area (Å²) in [4.78, 5) is 20.8. The van der Waals surface area contributed by atoms with Crippen LogP contribution in [-0.4, -0.2) is 64.2 Å². The molecule has 2 fully saturated rings. The van der Waals surface area contributed by atoms with Crippen LogP contribution in [0.3, 0.4) is 0 Å². The van der Waals surface area contributed by atoms with E-state index in [1.54, 1.807) is 0 Å². The molecule has 0 radical (unpaired) electrons. The number of aryl methyl sites for hydroxylation is 1. The molecular formula is C15H24N4O3. The summed E-state index contributed by atoms with van der Waals surface area (Å²) < 4.78 is 10.6. The maximum atomic E-state index is 11.8. The minimum atomic E-state index is -0.0708. The largest absolute Gasteiger partial charge is 0.461 e. The number of hydrogen-bond acceptors (Lipinski definition) is 7. The third-order valence-corrected chi connectivity index (χ3v) is 4.64. The third-order valence-electron chi connectivity index (χ3n) is 4.64. The van der Waals surface area contributed by atoms with Crippen LogP contribution in [0.4, 0.5) is 0 Å². The van der Waals surface area contributed by atoms with Crippen LogP contribution < -0.4 is 0 Å². The van der Waals surface area contributed by atoms with E-state index in [9.17, 15) is 4.79 Å². The second-order valence-electron chi connectivity index (χ2n) is 6.15. The SMILES string of the molecule is CCc1noc([C@H](C)N2CCN([C@H]3C[C@H](C)OC3=O)CC2)n1. The maximum absolute atomic E-state index is 11.8. The van der Waals surface area contributed by atoms with Gasteiger partial charge in [-0.3, -0.25) is 14.6 Å². The van der Waals surface area contributed by atoms with Crippen LogP contribution in [0, 0.1) is 0 Å². The summed E-state index contributed by atoms with van der Waals surface area (Å²) in [6, 6.07) is 0.0481. The standard InChI is InChI=1S/C15H24N4O3/c1-4-13-16-14(22-17-13)11(3)18-5-7-19(8-6-18)12-9-10(2)21-15(12)20/h10-12H,4-9H2,1-3H3/t10-,11-,12-/m0/s1. The number of aromatic nitrogens is 2. The molecule has 0 amide bonds. The van der Waals surface area contributed by atoms with Gasteiger partial charge in [0.25, 0.3) is 0 Å². The fourth-order valence-corrected chi connectivity index (χ4v) is 3.21. The van der Waals surface area contributed by atoms with Gasteiger partial charge in [0.1, 0.15) is 12.1 Å². The molecule has 0 aromatic carbocycles. The van der Waals surface area contributed by atoms with Crippen molar-refractivity contribution in [2.45, 2.75) is 51.8 Å². The lowest BCUT2D eigenvalue weighted by molar-refractivity contribution is -0.145. The number of carbonyl (C=O) groups is 1. The van der Waals surface area contributed by atoms with E-state index in [-0.39, 0.29) is 24.2 Å². The zero-order chi connectivity index (χ0) is 15.7. The Morgan fingerprint density at radius 2 is 2.05 bits per heavy atom. The number of rotatable bonds is 4. The van der Waals surface area contributed by atoms with Crippen LogP contribution in [0.5, 0.6) is 0 Å². The molecule has 3 heterocycles. The van der Waals surface area contributed by atoms with Gasteiger partial charge in [-0.1, -0.05) is 12.1 Å². The minimum absolute atomic E-state index is 0.0420. The number of nitrogens with zero attached hydrogens (tertiary/aromatic N) is 4. The molecule has 2 aliphatic rings. The Hall–Kier alpha value is -1.47. The van der Waals surface area contributed by atoms with Crippen molar-refractivity contribution in [1.82, 2.24) is 19.9 Å². The molecule has 0 aliphatic carbocycles. The van der Waals surface area contributed by atoms with Crippen molar-refractivity contribution in [2.24, 2.45) is 0 Å². The first-order chi connectivity index (χ1) is 10.6. The molecule has 22 heavy (non-hydrogen) atoms. The molecule has 7 heteroatoms. The predicted molar refractivity (Wildman–Crippen MR) is 79.2 cm³/mol. The van der Waals surface area contributed by atoms with E-state index < -0.39 is 0 Å². The molecule has 0 N–H and O–H groups in total. The Morgan fingerprint density at radius 3 is 2.59 bits per heavy atom. The van der Waals surface area contributed by atoms with E-state index in [0.717, 1.165) is 44.8 Å². The zero-order valence-corrected chi connectivity index (χ0v) is 13.5. The molecular weight excluding hydrogens is 284 g/mol. The first kappa shape index (κ1) is 15.4. The lowest BCUT2D eigenvalue weighted by Gasteiger charge is -2.38. The third kappa shape index (κ3) is 3.01. The molecule has 0 bridgehead atoms. The number of hydrogen-bond donors (Lipinski definition) is 0. The highest BCUT2D eigenvalue weighted by Gasteiger charge is 2.38. The summed E-state index contributed by atoms with van der Waals surface area (Å²) in [6.45, 7) is 9.58. The van der Waals surface area contributed by atoms with Crippen LogP contribution in [0.15, 0.2) is 4.52 Å². The molecule has 3 atom stereocenters. The lowest BCUT2D eigenvalue weighted by atomic mass is 10.1. The van der Waals surface area contributed by atoms with Gasteiger partial charge in [0.05, 0.1) is 6.04 Å². The van der Waals surface area contributed by atoms with Gasteiger partial charge in [-0.15, -0.1) is 0 Å². The smallest absolute Gasteiger partial charge is 0.323 e. The van der Waals surface area contributed by atoms with Crippen molar-refractivity contribution < 1.29 is 14.1 Å². The number of cyclic esters (lactones) is 1. The van der Waals surface area contributed by atoms with E-state index in [1.807, 2.05) is 13.8 Å². The van der Waals surface area contributed by atoms with Gasteiger partial charge >= 0.3 is 5.97 Å². The molecule has 0 spiro atoms. The van der Waals surface area contributed by atoms with Crippen LogP contribution in [-0.2, 0) is 16.0 Å². The first-order valence-electron chi connectivity index (χ1n) is 8.09. The summed E-state index contributed by atoms with van der Waals surface area (Å²) in [6.07, 6.45) is 1.63. The van der Waals surface area contributed by atoms with Crippen LogP contribution in [0.2, 0.25) is 0 Å². The average Bonchev–Trinajstić information content (AvgIpc) is 3.13. The highest BCUT2D eigenvalue weighted by Crippen LogP contribution is 2.24. The number of piperazine rings is 1. The van der Waals surface area contributed by atoms with Crippen molar-refractivity contribution in [3.05, 3.63) is 11.7 Å². The molecule has 0 saturated carbocycles. The number of esters is 1. The second-order valence-corrected chi connectivity index (χ2v) is 6.15. The summed E-state index contributed by atoms with van der Waals surface area (Å²) in [5, 5.41) is 3.96. The average molecular weight is 308 g/mol. The van der Waals surface area contributed by atoms with Gasteiger partial charge in [0, 0.05) is 39.0 Å². The Kier molecular flexibility index (Phi) is 4.44. The van der Waals surface area contributed by atoms with Crippen LogP contribution in [0.1, 0.15) is 44.9 Å². The quantitative estimate of drug-likeness (QED) is 0.769. The monoisotopic (exact) mass is 308 g/mol. The highest BCUT2D eigenvalue weighted by atomic mass is 16.6. The van der Waals surface area contributed by atoms with E-state index in [0.29, 0.717) is 5.89 Å². The Balaban J connectivity index is 1.56. The van der Waals surface area contributed by atoms with Gasteiger partial charge in [0.2, 0.25) is 5.89 Å². The number of carbonyl (C=O) groups excluding carboxylic acids is 1. The van der Waals surface area contributed by atoms with Crippen molar-refractivity contribution in [3.63, 3.8) is 0 Å². The van der Waals surface area contributed by atoms with Crippen LogP contribution >= 0.6 is 0 Å². The molecule has 2 aliphatic heterocycles. The van der Waals surface area contributed by atoms with Crippen molar-refractivity contribution >= 4 is 5.97 Å². The van der Waals surface area contributed by atoms with Gasteiger partial charge in [-0.2, -0.15) is 4.98 Å². The molecule has 7 nitrogen and oxygen atoms in total. The van der Waals surface area contributed by atoms with E-state index >= 15 is 0 Å². The van der Waals surface area contributed by atoms with Crippen molar-refractivity contribution in [3.8, 4) is 0 Å². The highest BCUT2D eigenvalue weighted by molar-refractivity contribution is 5.78. The van der Waals surface area contributed by atoms with Crippen LogP contribution in [0.25, 0.3) is 0 Å². The normalized spacial score (nSPS) is 28.8. The Morgan fingerprint density at radius 1 is 1.32 bits per heavy atom. The fraction of sp³-hybridized carbons (Fsp3) is 0.800. The van der Waals surface area contributed by atoms with Crippen molar-refractivity contribution in [1.29, 1.82) is 0 Å². The molecule has 2 saturated heterocycles. The van der Waals surface area contributed by atoms with E-state index in [1.165, 1.54) is 0 Å². The lowest BCUT2D eigenvalue weighted by Crippen LogP contribution is -2.52.